The predicted molar refractivity (Wildman–Crippen MR) is 90.2 cm³/mol. The topological polar surface area (TPSA) is 44.6 Å². The van der Waals surface area contributed by atoms with Crippen molar-refractivity contribution < 1.29 is 4.79 Å². The summed E-state index contributed by atoms with van der Waals surface area (Å²) >= 11 is 0. The first-order chi connectivity index (χ1) is 11.0. The molecule has 0 saturated carbocycles. The van der Waals surface area contributed by atoms with Crippen LogP contribution in [0.25, 0.3) is 0 Å². The quantitative estimate of drug-likeness (QED) is 0.859. The summed E-state index contributed by atoms with van der Waals surface area (Å²) in [5, 5.41) is 0. The summed E-state index contributed by atoms with van der Waals surface area (Å²) in [6, 6.07) is 0.746. The third-order valence-corrected chi connectivity index (χ3v) is 5.29. The summed E-state index contributed by atoms with van der Waals surface area (Å²) < 4.78 is 2.30. The maximum atomic E-state index is 12.7. The third kappa shape index (κ3) is 3.09. The van der Waals surface area contributed by atoms with Gasteiger partial charge in [0.2, 0.25) is 0 Å². The Bertz CT molecular complexity index is 561. The van der Waals surface area contributed by atoms with Crippen molar-refractivity contribution in [1.29, 1.82) is 0 Å². The number of amides is 2. The van der Waals surface area contributed by atoms with Crippen LogP contribution in [0.3, 0.4) is 0 Å². The van der Waals surface area contributed by atoms with Gasteiger partial charge in [0.25, 0.3) is 0 Å². The van der Waals surface area contributed by atoms with E-state index in [1.807, 2.05) is 16.0 Å². The van der Waals surface area contributed by atoms with Gasteiger partial charge in [0.15, 0.2) is 0 Å². The highest BCUT2D eigenvalue weighted by atomic mass is 16.2. The fraction of sp³-hybridized carbons (Fsp3) is 0.765. The molecule has 0 N–H and O–H groups in total. The maximum absolute atomic E-state index is 12.7. The molecule has 3 heterocycles. The van der Waals surface area contributed by atoms with Crippen molar-refractivity contribution in [1.82, 2.24) is 24.3 Å². The lowest BCUT2D eigenvalue weighted by atomic mass is 10.2. The number of urea groups is 1. The molecule has 2 aliphatic heterocycles. The molecule has 6 heteroatoms. The zero-order valence-corrected chi connectivity index (χ0v) is 14.8. The van der Waals surface area contributed by atoms with E-state index in [0.717, 1.165) is 51.4 Å². The van der Waals surface area contributed by atoms with Crippen LogP contribution in [-0.2, 0) is 13.1 Å². The van der Waals surface area contributed by atoms with E-state index < -0.39 is 0 Å². The van der Waals surface area contributed by atoms with Crippen molar-refractivity contribution in [2.75, 3.05) is 26.7 Å². The van der Waals surface area contributed by atoms with E-state index in [0.29, 0.717) is 6.04 Å². The summed E-state index contributed by atoms with van der Waals surface area (Å²) in [5.41, 5.74) is 1.25. The second kappa shape index (κ2) is 6.51. The Hall–Kier alpha value is -1.56. The van der Waals surface area contributed by atoms with Crippen molar-refractivity contribution in [3.05, 3.63) is 17.7 Å². The molecule has 2 amide bonds. The van der Waals surface area contributed by atoms with Crippen LogP contribution in [0.1, 0.15) is 51.2 Å². The van der Waals surface area contributed by atoms with E-state index >= 15 is 0 Å². The van der Waals surface area contributed by atoms with Gasteiger partial charge in [-0.1, -0.05) is 0 Å². The van der Waals surface area contributed by atoms with Crippen LogP contribution < -0.4 is 0 Å². The zero-order valence-electron chi connectivity index (χ0n) is 14.8. The molecular formula is C17H29N5O. The van der Waals surface area contributed by atoms with E-state index in [1.54, 1.807) is 0 Å². The first-order valence-electron chi connectivity index (χ1n) is 8.79. The molecular weight excluding hydrogens is 290 g/mol. The standard InChI is InChI=1S/C17H29N5O/c1-13(2)19(4)12-15-11-18-16-14(3)21(9-10-22(15)16)17(23)20-7-5-6-8-20/h11,13-14H,5-10,12H2,1-4H3/t14-/m1/s1. The molecule has 0 bridgehead atoms. The Balaban J connectivity index is 1.74. The molecule has 1 fully saturated rings. The molecule has 3 rings (SSSR count). The summed E-state index contributed by atoms with van der Waals surface area (Å²) in [6.45, 7) is 10.8. The number of hydrogen-bond acceptors (Lipinski definition) is 3. The van der Waals surface area contributed by atoms with E-state index in [-0.39, 0.29) is 12.1 Å². The maximum Gasteiger partial charge on any atom is 0.320 e. The number of imidazole rings is 1. The second-order valence-corrected chi connectivity index (χ2v) is 7.11. The van der Waals surface area contributed by atoms with Crippen molar-refractivity contribution >= 4 is 6.03 Å². The Morgan fingerprint density at radius 1 is 1.30 bits per heavy atom. The highest BCUT2D eigenvalue weighted by Crippen LogP contribution is 2.27. The highest BCUT2D eigenvalue weighted by Gasteiger charge is 2.33. The van der Waals surface area contributed by atoms with Gasteiger partial charge in [-0.05, 0) is 40.7 Å². The van der Waals surface area contributed by atoms with E-state index in [4.69, 9.17) is 0 Å². The van der Waals surface area contributed by atoms with Crippen LogP contribution >= 0.6 is 0 Å². The van der Waals surface area contributed by atoms with Crippen LogP contribution in [0.5, 0.6) is 0 Å². The van der Waals surface area contributed by atoms with Crippen molar-refractivity contribution in [2.24, 2.45) is 0 Å². The van der Waals surface area contributed by atoms with Gasteiger partial charge < -0.3 is 14.4 Å². The van der Waals surface area contributed by atoms with Crippen LogP contribution in [0.2, 0.25) is 0 Å². The number of aromatic nitrogens is 2. The van der Waals surface area contributed by atoms with Crippen LogP contribution in [0, 0.1) is 0 Å². The van der Waals surface area contributed by atoms with Gasteiger partial charge in [-0.2, -0.15) is 0 Å². The number of carbonyl (C=O) groups is 1. The Kier molecular flexibility index (Phi) is 4.62. The monoisotopic (exact) mass is 319 g/mol. The molecule has 1 aromatic rings. The molecule has 6 nitrogen and oxygen atoms in total. The van der Waals surface area contributed by atoms with E-state index in [1.165, 1.54) is 5.69 Å². The predicted octanol–water partition coefficient (Wildman–Crippen LogP) is 2.32. The zero-order chi connectivity index (χ0) is 16.6. The van der Waals surface area contributed by atoms with Gasteiger partial charge in [0.05, 0.1) is 11.7 Å². The van der Waals surface area contributed by atoms with Gasteiger partial charge in [-0.15, -0.1) is 0 Å². The first kappa shape index (κ1) is 16.3. The van der Waals surface area contributed by atoms with E-state index in [9.17, 15) is 4.79 Å². The lowest BCUT2D eigenvalue weighted by Gasteiger charge is -2.37. The fourth-order valence-corrected chi connectivity index (χ4v) is 3.48. The molecule has 0 unspecified atom stereocenters. The Morgan fingerprint density at radius 2 is 2.00 bits per heavy atom. The molecule has 1 aromatic heterocycles. The van der Waals surface area contributed by atoms with E-state index in [2.05, 4.69) is 42.3 Å². The Morgan fingerprint density at radius 3 is 2.65 bits per heavy atom. The SMILES string of the molecule is CC(C)N(C)Cc1cnc2n1CCN(C(=O)N1CCCC1)[C@@H]2C. The summed E-state index contributed by atoms with van der Waals surface area (Å²) in [6.07, 6.45) is 4.25. The molecule has 0 spiro atoms. The lowest BCUT2D eigenvalue weighted by Crippen LogP contribution is -2.47. The molecule has 1 atom stereocenters. The molecule has 0 aliphatic carbocycles. The lowest BCUT2D eigenvalue weighted by molar-refractivity contribution is 0.128. The van der Waals surface area contributed by atoms with Crippen molar-refractivity contribution in [2.45, 2.75) is 58.8 Å². The van der Waals surface area contributed by atoms with Crippen molar-refractivity contribution in [3.8, 4) is 0 Å². The fourth-order valence-electron chi connectivity index (χ4n) is 3.48. The normalized spacial score (nSPS) is 21.4. The van der Waals surface area contributed by atoms with Gasteiger partial charge in [-0.3, -0.25) is 4.90 Å². The van der Waals surface area contributed by atoms with Gasteiger partial charge in [-0.25, -0.2) is 9.78 Å². The average Bonchev–Trinajstić information content (AvgIpc) is 3.17. The number of carbonyl (C=O) groups excluding carboxylic acids is 1. The molecule has 1 saturated heterocycles. The first-order valence-corrected chi connectivity index (χ1v) is 8.79. The third-order valence-electron chi connectivity index (χ3n) is 5.29. The Labute approximate surface area is 139 Å². The molecule has 2 aliphatic rings. The number of hydrogen-bond donors (Lipinski definition) is 0. The summed E-state index contributed by atoms with van der Waals surface area (Å²) in [7, 11) is 2.14. The molecule has 23 heavy (non-hydrogen) atoms. The van der Waals surface area contributed by atoms with Crippen LogP contribution in [0.4, 0.5) is 4.79 Å². The number of rotatable bonds is 3. The van der Waals surface area contributed by atoms with Crippen LogP contribution in [0.15, 0.2) is 6.20 Å². The molecule has 0 radical (unpaired) electrons. The minimum atomic E-state index is 0.0509. The largest absolute Gasteiger partial charge is 0.327 e. The molecule has 128 valence electrons. The summed E-state index contributed by atoms with van der Waals surface area (Å²) in [4.78, 5) is 23.6. The van der Waals surface area contributed by atoms with Gasteiger partial charge in [0, 0.05) is 45.0 Å². The minimum absolute atomic E-state index is 0.0509. The number of nitrogens with zero attached hydrogens (tertiary/aromatic N) is 5. The molecule has 0 aromatic carbocycles. The average molecular weight is 319 g/mol. The number of likely N-dealkylation sites (tertiary alicyclic amines) is 1. The summed E-state index contributed by atoms with van der Waals surface area (Å²) in [5.74, 6) is 1.02. The van der Waals surface area contributed by atoms with Crippen LogP contribution in [-0.4, -0.2) is 63.0 Å². The highest BCUT2D eigenvalue weighted by molar-refractivity contribution is 5.75. The second-order valence-electron chi connectivity index (χ2n) is 7.11. The van der Waals surface area contributed by atoms with Gasteiger partial charge in [0.1, 0.15) is 5.82 Å². The minimum Gasteiger partial charge on any atom is -0.327 e. The van der Waals surface area contributed by atoms with Gasteiger partial charge >= 0.3 is 6.03 Å². The number of fused-ring (bicyclic) bond motifs is 1. The smallest absolute Gasteiger partial charge is 0.320 e. The van der Waals surface area contributed by atoms with Crippen molar-refractivity contribution in [3.63, 3.8) is 0 Å².